The molecular formula is C10H14ClN. The second-order valence-corrected chi connectivity index (χ2v) is 3.34. The van der Waals surface area contributed by atoms with Gasteiger partial charge in [-0.25, -0.2) is 0 Å². The van der Waals surface area contributed by atoms with Crippen molar-refractivity contribution in [1.82, 2.24) is 0 Å². The first-order valence-electron chi connectivity index (χ1n) is 4.25. The van der Waals surface area contributed by atoms with E-state index >= 15 is 0 Å². The van der Waals surface area contributed by atoms with E-state index in [1.54, 1.807) is 0 Å². The van der Waals surface area contributed by atoms with Crippen molar-refractivity contribution in [3.8, 4) is 0 Å². The highest BCUT2D eigenvalue weighted by atomic mass is 35.5. The molecule has 66 valence electrons. The normalized spacial score (nSPS) is 12.6. The van der Waals surface area contributed by atoms with Gasteiger partial charge in [-0.05, 0) is 25.5 Å². The molecule has 0 spiro atoms. The Bertz CT molecular complexity index is 247. The summed E-state index contributed by atoms with van der Waals surface area (Å²) in [4.78, 5) is 0. The molecule has 2 heteroatoms. The molecule has 0 saturated heterocycles. The number of nitrogens with one attached hydrogen (secondary N) is 1. The number of rotatable bonds is 3. The number of halogens is 1. The van der Waals surface area contributed by atoms with Crippen LogP contribution in [0, 0.1) is 0 Å². The fourth-order valence-electron chi connectivity index (χ4n) is 0.946. The summed E-state index contributed by atoms with van der Waals surface area (Å²) in [6, 6.07) is 8.28. The molecule has 1 N–H and O–H groups in total. The minimum atomic E-state index is 0.477. The van der Waals surface area contributed by atoms with Gasteiger partial charge >= 0.3 is 0 Å². The Kier molecular flexibility index (Phi) is 3.42. The Hall–Kier alpha value is -0.690. The second-order valence-electron chi connectivity index (χ2n) is 2.93. The third-order valence-electron chi connectivity index (χ3n) is 1.89. The molecule has 1 atom stereocenters. The summed E-state index contributed by atoms with van der Waals surface area (Å²) in [6.45, 7) is 4.29. The highest BCUT2D eigenvalue weighted by Crippen LogP contribution is 2.21. The first kappa shape index (κ1) is 9.40. The number of hydrogen-bond donors (Lipinski definition) is 1. The summed E-state index contributed by atoms with van der Waals surface area (Å²) in [6.07, 6.45) is 1.10. The topological polar surface area (TPSA) is 12.0 Å². The van der Waals surface area contributed by atoms with Gasteiger partial charge in [0, 0.05) is 6.04 Å². The van der Waals surface area contributed by atoms with Gasteiger partial charge < -0.3 is 5.32 Å². The summed E-state index contributed by atoms with van der Waals surface area (Å²) in [5.74, 6) is 0. The van der Waals surface area contributed by atoms with Crippen LogP contribution in [-0.2, 0) is 0 Å². The summed E-state index contributed by atoms with van der Waals surface area (Å²) in [5.41, 5.74) is 1.02. The van der Waals surface area contributed by atoms with E-state index in [1.165, 1.54) is 0 Å². The van der Waals surface area contributed by atoms with Crippen LogP contribution in [0.1, 0.15) is 20.3 Å². The molecule has 0 bridgehead atoms. The quantitative estimate of drug-likeness (QED) is 0.756. The Balaban J connectivity index is 2.69. The van der Waals surface area contributed by atoms with Crippen molar-refractivity contribution in [2.24, 2.45) is 0 Å². The van der Waals surface area contributed by atoms with Crippen molar-refractivity contribution in [3.63, 3.8) is 0 Å². The van der Waals surface area contributed by atoms with Gasteiger partial charge in [0.2, 0.25) is 0 Å². The van der Waals surface area contributed by atoms with Crippen molar-refractivity contribution in [2.45, 2.75) is 26.3 Å². The standard InChI is InChI=1S/C10H14ClN/c1-3-8(2)12-10-7-5-4-6-9(10)11/h4-8,12H,3H2,1-2H3. The van der Waals surface area contributed by atoms with Gasteiger partial charge in [-0.15, -0.1) is 0 Å². The van der Waals surface area contributed by atoms with Crippen LogP contribution in [0.15, 0.2) is 24.3 Å². The molecular weight excluding hydrogens is 170 g/mol. The molecule has 0 amide bonds. The van der Waals surface area contributed by atoms with E-state index in [2.05, 4.69) is 19.2 Å². The lowest BCUT2D eigenvalue weighted by Gasteiger charge is -2.13. The monoisotopic (exact) mass is 183 g/mol. The van der Waals surface area contributed by atoms with Gasteiger partial charge in [0.05, 0.1) is 10.7 Å². The van der Waals surface area contributed by atoms with Crippen LogP contribution in [0.25, 0.3) is 0 Å². The van der Waals surface area contributed by atoms with Crippen LogP contribution in [0.3, 0.4) is 0 Å². The van der Waals surface area contributed by atoms with Crippen LogP contribution >= 0.6 is 11.6 Å². The Morgan fingerprint density at radius 2 is 2.08 bits per heavy atom. The van der Waals surface area contributed by atoms with Gasteiger partial charge in [0.25, 0.3) is 0 Å². The van der Waals surface area contributed by atoms with Crippen LogP contribution in [0.5, 0.6) is 0 Å². The molecule has 0 radical (unpaired) electrons. The van der Waals surface area contributed by atoms with E-state index in [9.17, 15) is 0 Å². The predicted molar refractivity (Wildman–Crippen MR) is 54.8 cm³/mol. The van der Waals surface area contributed by atoms with Crippen LogP contribution < -0.4 is 5.32 Å². The molecule has 1 nitrogen and oxygen atoms in total. The highest BCUT2D eigenvalue weighted by molar-refractivity contribution is 6.33. The highest BCUT2D eigenvalue weighted by Gasteiger charge is 2.01. The second kappa shape index (κ2) is 4.36. The summed E-state index contributed by atoms with van der Waals surface area (Å²) in [7, 11) is 0. The largest absolute Gasteiger partial charge is 0.381 e. The maximum Gasteiger partial charge on any atom is 0.0637 e. The van der Waals surface area contributed by atoms with Gasteiger partial charge in [-0.1, -0.05) is 30.7 Å². The van der Waals surface area contributed by atoms with Gasteiger partial charge in [0.15, 0.2) is 0 Å². The fourth-order valence-corrected chi connectivity index (χ4v) is 1.14. The van der Waals surface area contributed by atoms with Gasteiger partial charge in [-0.3, -0.25) is 0 Å². The number of para-hydroxylation sites is 1. The number of anilines is 1. The molecule has 1 rings (SSSR count). The average Bonchev–Trinajstić information content (AvgIpc) is 2.09. The van der Waals surface area contributed by atoms with E-state index < -0.39 is 0 Å². The lowest BCUT2D eigenvalue weighted by atomic mass is 10.2. The summed E-state index contributed by atoms with van der Waals surface area (Å²) < 4.78 is 0. The molecule has 0 aliphatic rings. The van der Waals surface area contributed by atoms with Crippen LogP contribution in [-0.4, -0.2) is 6.04 Å². The zero-order valence-corrected chi connectivity index (χ0v) is 8.23. The molecule has 0 fully saturated rings. The van der Waals surface area contributed by atoms with E-state index in [4.69, 9.17) is 11.6 Å². The Labute approximate surface area is 78.7 Å². The Morgan fingerprint density at radius 3 is 2.67 bits per heavy atom. The first-order valence-corrected chi connectivity index (χ1v) is 4.63. The van der Waals surface area contributed by atoms with Gasteiger partial charge in [-0.2, -0.15) is 0 Å². The molecule has 0 aliphatic heterocycles. The minimum absolute atomic E-state index is 0.477. The molecule has 0 aliphatic carbocycles. The summed E-state index contributed by atoms with van der Waals surface area (Å²) in [5, 5.41) is 4.12. The lowest BCUT2D eigenvalue weighted by Crippen LogP contribution is -2.13. The average molecular weight is 184 g/mol. The number of benzene rings is 1. The van der Waals surface area contributed by atoms with Crippen LogP contribution in [0.4, 0.5) is 5.69 Å². The third kappa shape index (κ3) is 2.42. The molecule has 0 heterocycles. The van der Waals surface area contributed by atoms with E-state index in [0.29, 0.717) is 6.04 Å². The van der Waals surface area contributed by atoms with Crippen molar-refractivity contribution < 1.29 is 0 Å². The zero-order chi connectivity index (χ0) is 8.97. The van der Waals surface area contributed by atoms with Crippen molar-refractivity contribution >= 4 is 17.3 Å². The van der Waals surface area contributed by atoms with Crippen LogP contribution in [0.2, 0.25) is 5.02 Å². The molecule has 0 saturated carbocycles. The Morgan fingerprint density at radius 1 is 1.42 bits per heavy atom. The van der Waals surface area contributed by atoms with E-state index in [1.807, 2.05) is 24.3 Å². The zero-order valence-electron chi connectivity index (χ0n) is 7.47. The summed E-state index contributed by atoms with van der Waals surface area (Å²) >= 11 is 5.96. The maximum absolute atomic E-state index is 5.96. The van der Waals surface area contributed by atoms with E-state index in [-0.39, 0.29) is 0 Å². The minimum Gasteiger partial charge on any atom is -0.381 e. The predicted octanol–water partition coefficient (Wildman–Crippen LogP) is 3.55. The fraction of sp³-hybridized carbons (Fsp3) is 0.400. The maximum atomic E-state index is 5.96. The van der Waals surface area contributed by atoms with Gasteiger partial charge in [0.1, 0.15) is 0 Å². The van der Waals surface area contributed by atoms with E-state index in [0.717, 1.165) is 17.1 Å². The smallest absolute Gasteiger partial charge is 0.0637 e. The first-order chi connectivity index (χ1) is 5.74. The van der Waals surface area contributed by atoms with Crippen molar-refractivity contribution in [1.29, 1.82) is 0 Å². The molecule has 0 aromatic heterocycles. The SMILES string of the molecule is CCC(C)Nc1ccccc1Cl. The lowest BCUT2D eigenvalue weighted by molar-refractivity contribution is 0.764. The van der Waals surface area contributed by atoms with Crippen molar-refractivity contribution in [3.05, 3.63) is 29.3 Å². The molecule has 1 aromatic carbocycles. The molecule has 12 heavy (non-hydrogen) atoms. The molecule has 1 aromatic rings. The number of hydrogen-bond acceptors (Lipinski definition) is 1. The molecule has 1 unspecified atom stereocenters. The van der Waals surface area contributed by atoms with Crippen molar-refractivity contribution in [2.75, 3.05) is 5.32 Å². The third-order valence-corrected chi connectivity index (χ3v) is 2.22.